The number of aliphatic hydroxyl groups excluding tert-OH is 1. The third-order valence-corrected chi connectivity index (χ3v) is 16.4. The van der Waals surface area contributed by atoms with Gasteiger partial charge in [-0.25, -0.2) is 0 Å². The van der Waals surface area contributed by atoms with Crippen molar-refractivity contribution in [1.29, 1.82) is 0 Å². The number of methoxy groups -OCH3 is 1. The van der Waals surface area contributed by atoms with E-state index in [-0.39, 0.29) is 41.1 Å². The molecule has 1 heterocycles. The number of aliphatic hydroxyl groups is 1. The summed E-state index contributed by atoms with van der Waals surface area (Å²) in [7, 11) is -2.28. The van der Waals surface area contributed by atoms with Crippen LogP contribution >= 0.6 is 0 Å². The summed E-state index contributed by atoms with van der Waals surface area (Å²) in [5.74, 6) is 0. The van der Waals surface area contributed by atoms with E-state index in [0.29, 0.717) is 6.42 Å². The molecule has 5 nitrogen and oxygen atoms in total. The van der Waals surface area contributed by atoms with Crippen molar-refractivity contribution < 1.29 is 23.4 Å². The fourth-order valence-corrected chi connectivity index (χ4v) is 6.00. The van der Waals surface area contributed by atoms with Crippen molar-refractivity contribution in [3.63, 3.8) is 0 Å². The van der Waals surface area contributed by atoms with E-state index in [2.05, 4.69) is 67.7 Å². The van der Waals surface area contributed by atoms with Crippen LogP contribution in [0.25, 0.3) is 0 Å². The van der Waals surface area contributed by atoms with Gasteiger partial charge in [-0.3, -0.25) is 0 Å². The second-order valence-corrected chi connectivity index (χ2v) is 20.9. The van der Waals surface area contributed by atoms with Gasteiger partial charge in [0.1, 0.15) is 23.9 Å². The van der Waals surface area contributed by atoms with E-state index in [1.54, 1.807) is 7.11 Å². The zero-order valence-electron chi connectivity index (χ0n) is 19.3. The summed E-state index contributed by atoms with van der Waals surface area (Å²) in [6, 6.07) is 0. The molecule has 1 aliphatic carbocycles. The molecular formula is C20H42O5Si2. The zero-order chi connectivity index (χ0) is 21.1. The lowest BCUT2D eigenvalue weighted by Crippen LogP contribution is -2.60. The van der Waals surface area contributed by atoms with Crippen molar-refractivity contribution in [1.82, 2.24) is 0 Å². The summed E-state index contributed by atoms with van der Waals surface area (Å²) in [5, 5.41) is 10.2. The van der Waals surface area contributed by atoms with Gasteiger partial charge >= 0.3 is 0 Å². The molecule has 0 aromatic carbocycles. The molecule has 0 aromatic heterocycles. The Balaban J connectivity index is 2.32. The fraction of sp³-hybridized carbons (Fsp3) is 1.00. The number of hydrogen-bond donors (Lipinski definition) is 1. The number of hydrogen-bond acceptors (Lipinski definition) is 5. The van der Waals surface area contributed by atoms with Gasteiger partial charge in [0.05, 0.1) is 12.7 Å². The van der Waals surface area contributed by atoms with E-state index in [1.165, 1.54) is 0 Å². The highest BCUT2D eigenvalue weighted by Crippen LogP contribution is 2.53. The van der Waals surface area contributed by atoms with Gasteiger partial charge in [0.15, 0.2) is 16.6 Å². The highest BCUT2D eigenvalue weighted by atomic mass is 28.4. The van der Waals surface area contributed by atoms with Crippen LogP contribution in [0.15, 0.2) is 0 Å². The van der Waals surface area contributed by atoms with Gasteiger partial charge in [-0.1, -0.05) is 41.5 Å². The van der Waals surface area contributed by atoms with Crippen molar-refractivity contribution in [2.75, 3.05) is 13.7 Å². The van der Waals surface area contributed by atoms with Crippen molar-refractivity contribution >= 4 is 16.6 Å². The van der Waals surface area contributed by atoms with Crippen molar-refractivity contribution in [3.05, 3.63) is 0 Å². The maximum absolute atomic E-state index is 10.0. The first-order valence-corrected chi connectivity index (χ1v) is 16.0. The number of rotatable bonds is 6. The minimum Gasteiger partial charge on any atom is -0.411 e. The van der Waals surface area contributed by atoms with Gasteiger partial charge in [0.25, 0.3) is 0 Å². The van der Waals surface area contributed by atoms with E-state index < -0.39 is 22.2 Å². The van der Waals surface area contributed by atoms with Crippen LogP contribution in [-0.2, 0) is 18.3 Å². The van der Waals surface area contributed by atoms with Gasteiger partial charge < -0.3 is 23.4 Å². The number of fused-ring (bicyclic) bond motifs is 1. The van der Waals surface area contributed by atoms with Gasteiger partial charge in [0.2, 0.25) is 0 Å². The topological polar surface area (TPSA) is 60.5 Å². The Morgan fingerprint density at radius 2 is 1.41 bits per heavy atom. The summed E-state index contributed by atoms with van der Waals surface area (Å²) in [6.07, 6.45) is 0.0423. The molecule has 0 bridgehead atoms. The summed E-state index contributed by atoms with van der Waals surface area (Å²) in [4.78, 5) is 0. The molecule has 1 saturated carbocycles. The SMILES string of the molecule is CO[C@@H]1[C@H](O[Si](C)(C)C(C)(C)C)C2OC2(CO)C[C@H]1O[Si](C)(C)C(C)(C)C. The fourth-order valence-electron chi connectivity index (χ4n) is 3.38. The van der Waals surface area contributed by atoms with Crippen LogP contribution in [0.3, 0.4) is 0 Å². The maximum Gasteiger partial charge on any atom is 0.192 e. The monoisotopic (exact) mass is 418 g/mol. The Morgan fingerprint density at radius 3 is 1.81 bits per heavy atom. The van der Waals surface area contributed by atoms with Gasteiger partial charge in [-0.15, -0.1) is 0 Å². The Morgan fingerprint density at radius 1 is 0.926 bits per heavy atom. The molecule has 2 fully saturated rings. The molecular weight excluding hydrogens is 376 g/mol. The lowest BCUT2D eigenvalue weighted by molar-refractivity contribution is -0.0944. The molecule has 0 amide bonds. The van der Waals surface area contributed by atoms with Crippen LogP contribution in [0.5, 0.6) is 0 Å². The highest BCUT2D eigenvalue weighted by molar-refractivity contribution is 6.74. The Hall–Kier alpha value is 0.234. The predicted molar refractivity (Wildman–Crippen MR) is 114 cm³/mol. The molecule has 2 aliphatic rings. The summed E-state index contributed by atoms with van der Waals surface area (Å²) in [6.45, 7) is 22.5. The third kappa shape index (κ3) is 4.39. The molecule has 1 saturated heterocycles. The van der Waals surface area contributed by atoms with Crippen molar-refractivity contribution in [2.24, 2.45) is 0 Å². The lowest BCUT2D eigenvalue weighted by Gasteiger charge is -2.47. The molecule has 0 spiro atoms. The van der Waals surface area contributed by atoms with Gasteiger partial charge in [-0.2, -0.15) is 0 Å². The van der Waals surface area contributed by atoms with Crippen LogP contribution in [0.2, 0.25) is 36.3 Å². The molecule has 0 aromatic rings. The average Bonchev–Trinajstić information content (AvgIpc) is 3.19. The molecule has 7 heteroatoms. The molecule has 1 N–H and O–H groups in total. The molecule has 2 rings (SSSR count). The van der Waals surface area contributed by atoms with E-state index in [9.17, 15) is 5.11 Å². The van der Waals surface area contributed by atoms with Gasteiger partial charge in [0, 0.05) is 13.5 Å². The summed E-state index contributed by atoms with van der Waals surface area (Å²) < 4.78 is 25.5. The third-order valence-electron chi connectivity index (χ3n) is 7.39. The second-order valence-electron chi connectivity index (χ2n) is 11.4. The smallest absolute Gasteiger partial charge is 0.192 e. The molecule has 27 heavy (non-hydrogen) atoms. The molecule has 2 unspecified atom stereocenters. The van der Waals surface area contributed by atoms with Crippen LogP contribution in [-0.4, -0.2) is 65.5 Å². The highest BCUT2D eigenvalue weighted by Gasteiger charge is 2.68. The maximum atomic E-state index is 10.0. The van der Waals surface area contributed by atoms with E-state index in [4.69, 9.17) is 18.3 Å². The Kier molecular flexibility index (Phi) is 6.25. The predicted octanol–water partition coefficient (Wildman–Crippen LogP) is 4.32. The van der Waals surface area contributed by atoms with E-state index in [1.807, 2.05) is 0 Å². The second kappa shape index (κ2) is 7.18. The first-order valence-electron chi connectivity index (χ1n) is 10.2. The first kappa shape index (κ1) is 23.5. The minimum absolute atomic E-state index is 0.00280. The lowest BCUT2D eigenvalue weighted by atomic mass is 9.83. The largest absolute Gasteiger partial charge is 0.411 e. The summed E-state index contributed by atoms with van der Waals surface area (Å²) >= 11 is 0. The van der Waals surface area contributed by atoms with Crippen molar-refractivity contribution in [2.45, 2.75) is 114 Å². The first-order chi connectivity index (χ1) is 12.0. The van der Waals surface area contributed by atoms with Crippen LogP contribution in [0.4, 0.5) is 0 Å². The van der Waals surface area contributed by atoms with Crippen LogP contribution in [0, 0.1) is 0 Å². The Labute approximate surface area is 168 Å². The average molecular weight is 419 g/mol. The standard InChI is InChI=1S/C20H42O5Si2/c1-18(2,3)26(8,9)24-14-12-20(13-21)17(23-20)16(15(14)22-7)25-27(10,11)19(4,5)6/h14-17,21H,12-13H2,1-11H3/t14-,15+,16+,17?,20?/m1/s1. The molecule has 1 aliphatic heterocycles. The van der Waals surface area contributed by atoms with Crippen molar-refractivity contribution in [3.8, 4) is 0 Å². The molecule has 160 valence electrons. The Bertz CT molecular complexity index is 537. The molecule has 5 atom stereocenters. The van der Waals surface area contributed by atoms with E-state index in [0.717, 1.165) is 0 Å². The van der Waals surface area contributed by atoms with Gasteiger partial charge in [-0.05, 0) is 36.3 Å². The minimum atomic E-state index is -2.02. The zero-order valence-corrected chi connectivity index (χ0v) is 21.3. The number of ether oxygens (including phenoxy) is 2. The molecule has 0 radical (unpaired) electrons. The summed E-state index contributed by atoms with van der Waals surface area (Å²) in [5.41, 5.74) is -0.533. The van der Waals surface area contributed by atoms with Crippen LogP contribution < -0.4 is 0 Å². The quantitative estimate of drug-likeness (QED) is 0.514. The number of epoxide rings is 1. The van der Waals surface area contributed by atoms with E-state index >= 15 is 0 Å². The normalized spacial score (nSPS) is 35.1. The van der Waals surface area contributed by atoms with Crippen LogP contribution in [0.1, 0.15) is 48.0 Å².